The lowest BCUT2D eigenvalue weighted by molar-refractivity contribution is -0.159. The van der Waals surface area contributed by atoms with E-state index in [1.54, 1.807) is 32.9 Å². The molecule has 8 heteroatoms. The van der Waals surface area contributed by atoms with Crippen molar-refractivity contribution in [3.8, 4) is 0 Å². The van der Waals surface area contributed by atoms with E-state index in [0.717, 1.165) is 34.7 Å². The van der Waals surface area contributed by atoms with Gasteiger partial charge in [-0.25, -0.2) is 4.79 Å². The van der Waals surface area contributed by atoms with Gasteiger partial charge in [-0.2, -0.15) is 8.42 Å². The number of aryl methyl sites for hydroxylation is 1. The van der Waals surface area contributed by atoms with Crippen LogP contribution in [0.4, 0.5) is 0 Å². The van der Waals surface area contributed by atoms with Crippen LogP contribution in [0.25, 0.3) is 10.8 Å². The van der Waals surface area contributed by atoms with Crippen molar-refractivity contribution in [3.63, 3.8) is 0 Å². The van der Waals surface area contributed by atoms with E-state index in [-0.39, 0.29) is 17.7 Å². The van der Waals surface area contributed by atoms with Gasteiger partial charge in [-0.3, -0.25) is 8.98 Å². The number of hydrogen-bond acceptors (Lipinski definition) is 6. The summed E-state index contributed by atoms with van der Waals surface area (Å²) in [5.41, 5.74) is 1.08. The van der Waals surface area contributed by atoms with Gasteiger partial charge in [0.05, 0.1) is 17.4 Å². The summed E-state index contributed by atoms with van der Waals surface area (Å²) in [6, 6.07) is 19.1. The molecule has 0 saturated carbocycles. The molecular formula is C31H39NO6S. The quantitative estimate of drug-likeness (QED) is 0.222. The fourth-order valence-electron chi connectivity index (χ4n) is 4.29. The number of ether oxygens (including phenoxy) is 1. The Morgan fingerprint density at radius 1 is 0.949 bits per heavy atom. The molecular weight excluding hydrogens is 514 g/mol. The Morgan fingerprint density at radius 2 is 1.62 bits per heavy atom. The maximum Gasteiger partial charge on any atom is 0.329 e. The van der Waals surface area contributed by atoms with Crippen LogP contribution in [0.3, 0.4) is 0 Å². The van der Waals surface area contributed by atoms with Gasteiger partial charge in [-0.15, -0.1) is 0 Å². The fraction of sp³-hybridized carbons (Fsp3) is 0.419. The van der Waals surface area contributed by atoms with Crippen molar-refractivity contribution in [2.75, 3.05) is 0 Å². The normalized spacial score (nSPS) is 13.6. The summed E-state index contributed by atoms with van der Waals surface area (Å²) in [4.78, 5) is 26.0. The van der Waals surface area contributed by atoms with E-state index in [1.165, 1.54) is 12.1 Å². The van der Waals surface area contributed by atoms with Crippen LogP contribution in [-0.4, -0.2) is 38.0 Å². The second-order valence-electron chi connectivity index (χ2n) is 10.8. The first-order valence-corrected chi connectivity index (χ1v) is 14.8. The summed E-state index contributed by atoms with van der Waals surface area (Å²) < 4.78 is 37.6. The van der Waals surface area contributed by atoms with E-state index in [1.807, 2.05) is 56.3 Å². The van der Waals surface area contributed by atoms with Gasteiger partial charge < -0.3 is 10.1 Å². The molecule has 0 saturated heterocycles. The lowest BCUT2D eigenvalue weighted by Gasteiger charge is -2.25. The van der Waals surface area contributed by atoms with Gasteiger partial charge in [0.1, 0.15) is 11.6 Å². The van der Waals surface area contributed by atoms with Crippen LogP contribution in [0.2, 0.25) is 0 Å². The Labute approximate surface area is 232 Å². The molecule has 39 heavy (non-hydrogen) atoms. The number of benzene rings is 3. The maximum atomic E-state index is 13.2. The van der Waals surface area contributed by atoms with E-state index in [9.17, 15) is 18.0 Å². The molecule has 0 radical (unpaired) electrons. The summed E-state index contributed by atoms with van der Waals surface area (Å²) in [7, 11) is -4.15. The molecule has 3 rings (SSSR count). The Kier molecular flexibility index (Phi) is 10.3. The minimum Gasteiger partial charge on any atom is -0.458 e. The minimum absolute atomic E-state index is 0.0194. The first kappa shape index (κ1) is 30.3. The Balaban J connectivity index is 1.86. The lowest BCUT2D eigenvalue weighted by Crippen LogP contribution is -2.45. The van der Waals surface area contributed by atoms with Gasteiger partial charge in [-0.05, 0) is 62.6 Å². The third kappa shape index (κ3) is 9.18. The number of fused-ring (bicyclic) bond motifs is 1. The van der Waals surface area contributed by atoms with Crippen molar-refractivity contribution in [2.24, 2.45) is 0 Å². The molecule has 7 nitrogen and oxygen atoms in total. The SMILES string of the molecule is CCCC[C@H](NC(=O)CC(Cc1cccc2ccccc12)OS(=O)(=O)c1ccc(C)cc1)C(=O)OC(C)(C)C. The molecule has 1 N–H and O–H groups in total. The highest BCUT2D eigenvalue weighted by molar-refractivity contribution is 7.86. The Hall–Kier alpha value is -3.23. The molecule has 210 valence electrons. The molecule has 0 aliphatic heterocycles. The zero-order chi connectivity index (χ0) is 28.6. The fourth-order valence-corrected chi connectivity index (χ4v) is 5.36. The lowest BCUT2D eigenvalue weighted by atomic mass is 9.98. The van der Waals surface area contributed by atoms with E-state index < -0.39 is 39.7 Å². The molecule has 1 unspecified atom stereocenters. The van der Waals surface area contributed by atoms with Crippen LogP contribution in [0.15, 0.2) is 71.6 Å². The van der Waals surface area contributed by atoms with E-state index in [2.05, 4.69) is 5.32 Å². The maximum absolute atomic E-state index is 13.2. The molecule has 0 fully saturated rings. The predicted molar refractivity (Wildman–Crippen MR) is 153 cm³/mol. The molecule has 1 amide bonds. The Morgan fingerprint density at radius 3 is 2.28 bits per heavy atom. The second kappa shape index (κ2) is 13.2. The smallest absolute Gasteiger partial charge is 0.329 e. The number of esters is 1. The van der Waals surface area contributed by atoms with Gasteiger partial charge in [-0.1, -0.05) is 79.9 Å². The zero-order valence-corrected chi connectivity index (χ0v) is 24.2. The van der Waals surface area contributed by atoms with Gasteiger partial charge in [0.2, 0.25) is 5.91 Å². The predicted octanol–water partition coefficient (Wildman–Crippen LogP) is 5.87. The van der Waals surface area contributed by atoms with Crippen molar-refractivity contribution in [3.05, 3.63) is 77.9 Å². The molecule has 0 spiro atoms. The molecule has 0 bridgehead atoms. The summed E-state index contributed by atoms with van der Waals surface area (Å²) in [6.07, 6.45) is 0.936. The highest BCUT2D eigenvalue weighted by Gasteiger charge is 2.29. The van der Waals surface area contributed by atoms with Crippen molar-refractivity contribution in [1.82, 2.24) is 5.32 Å². The van der Waals surface area contributed by atoms with Gasteiger partial charge >= 0.3 is 5.97 Å². The number of carbonyl (C=O) groups is 2. The van der Waals surface area contributed by atoms with Crippen LogP contribution in [0.5, 0.6) is 0 Å². The van der Waals surface area contributed by atoms with Crippen molar-refractivity contribution in [1.29, 1.82) is 0 Å². The average Bonchev–Trinajstić information content (AvgIpc) is 2.85. The van der Waals surface area contributed by atoms with Crippen molar-refractivity contribution >= 4 is 32.8 Å². The van der Waals surface area contributed by atoms with Crippen LogP contribution >= 0.6 is 0 Å². The summed E-state index contributed by atoms with van der Waals surface area (Å²) in [6.45, 7) is 9.18. The minimum atomic E-state index is -4.15. The highest BCUT2D eigenvalue weighted by atomic mass is 32.2. The number of hydrogen-bond donors (Lipinski definition) is 1. The second-order valence-corrected chi connectivity index (χ2v) is 12.4. The van der Waals surface area contributed by atoms with Crippen LogP contribution in [0, 0.1) is 6.92 Å². The van der Waals surface area contributed by atoms with Crippen LogP contribution in [-0.2, 0) is 35.0 Å². The highest BCUT2D eigenvalue weighted by Crippen LogP contribution is 2.24. The molecule has 2 atom stereocenters. The molecule has 3 aromatic carbocycles. The Bertz CT molecular complexity index is 1370. The molecule has 0 aromatic heterocycles. The molecule has 0 aliphatic rings. The third-order valence-corrected chi connectivity index (χ3v) is 7.56. The van der Waals surface area contributed by atoms with E-state index >= 15 is 0 Å². The number of rotatable bonds is 12. The topological polar surface area (TPSA) is 98.8 Å². The van der Waals surface area contributed by atoms with Crippen LogP contribution in [0.1, 0.15) is 64.5 Å². The zero-order valence-electron chi connectivity index (χ0n) is 23.4. The number of unbranched alkanes of at least 4 members (excludes halogenated alkanes) is 1. The van der Waals surface area contributed by atoms with E-state index in [4.69, 9.17) is 8.92 Å². The van der Waals surface area contributed by atoms with Gasteiger partial charge in [0.15, 0.2) is 0 Å². The molecule has 0 heterocycles. The largest absolute Gasteiger partial charge is 0.458 e. The summed E-state index contributed by atoms with van der Waals surface area (Å²) in [5.74, 6) is -0.991. The van der Waals surface area contributed by atoms with Crippen LogP contribution < -0.4 is 5.32 Å². The number of amides is 1. The van der Waals surface area contributed by atoms with Gasteiger partial charge in [0, 0.05) is 6.42 Å². The third-order valence-electron chi connectivity index (χ3n) is 6.19. The molecule has 3 aromatic rings. The average molecular weight is 554 g/mol. The van der Waals surface area contributed by atoms with Crippen molar-refractivity contribution < 1.29 is 26.9 Å². The van der Waals surface area contributed by atoms with Crippen molar-refractivity contribution in [2.45, 2.75) is 89.4 Å². The number of carbonyl (C=O) groups excluding carboxylic acids is 2. The first-order chi connectivity index (χ1) is 18.4. The standard InChI is InChI=1S/C31H39NO6S/c1-6-7-15-28(30(34)37-31(3,4)5)32-29(33)21-25(38-39(35,36)26-18-16-22(2)17-19-26)20-24-13-10-12-23-11-8-9-14-27(23)24/h8-14,16-19,25,28H,6-7,15,20-21H2,1-5H3,(H,32,33)/t25?,28-/m0/s1. The summed E-state index contributed by atoms with van der Waals surface area (Å²) >= 11 is 0. The summed E-state index contributed by atoms with van der Waals surface area (Å²) in [5, 5.41) is 4.73. The molecule has 0 aliphatic carbocycles. The van der Waals surface area contributed by atoms with E-state index in [0.29, 0.717) is 6.42 Å². The number of nitrogens with one attached hydrogen (secondary N) is 1. The monoisotopic (exact) mass is 553 g/mol. The first-order valence-electron chi connectivity index (χ1n) is 13.4. The van der Waals surface area contributed by atoms with Gasteiger partial charge in [0.25, 0.3) is 10.1 Å².